The number of nitrogens with zero attached hydrogens (tertiary/aromatic N) is 4. The molecular weight excluding hydrogens is 1670 g/mol. The summed E-state index contributed by atoms with van der Waals surface area (Å²) in [6.45, 7) is 96.9. The fraction of sp³-hybridized carbons (Fsp3) is 0.559. The zero-order valence-electron chi connectivity index (χ0n) is 91.6. The number of pyridine rings is 1. The van der Waals surface area contributed by atoms with Gasteiger partial charge in [-0.1, -0.05) is 396 Å². The molecule has 5 aliphatic rings. The zero-order chi connectivity index (χ0) is 102. The summed E-state index contributed by atoms with van der Waals surface area (Å²) >= 11 is 9.77. The molecule has 0 spiro atoms. The normalized spacial score (nSPS) is 10.7. The van der Waals surface area contributed by atoms with E-state index in [1.807, 2.05) is 444 Å². The number of hydrogen-bond donors (Lipinski definition) is 4. The van der Waals surface area contributed by atoms with Crippen LogP contribution in [0.5, 0.6) is 0 Å². The molecule has 0 amide bonds. The molecule has 5 aromatic carbocycles. The standard InChI is InChI=1S/3C8H7N.C8H6O.C8H6S.C7H6N2.C4H7NO.C4H9NS.C4H7NS.C4H8O2.C4H8S2.22C2H6/c1-2-6-9-7-3-5-8(9)4-1;4*1-2-4-8-7(3-1)5-6-9-8;1-2-4-7-6(3-1)8-5-9-7;2*1-3-6-4-2-5-1;1-2-5-4-6-3-1;2*1-2-6-4-3-5-1;22*1-2/h1-7H;2*1-6,9H;2*1-6H;1-5H,(H,8,9);1H,2-4H2;5H,1-4H2;4H,1-3H2;2*1-4H2;22*1-2H3. The third-order valence-electron chi connectivity index (χ3n) is 12.1. The van der Waals surface area contributed by atoms with E-state index in [-0.39, 0.29) is 0 Å². The number of aromatic nitrogens is 5. The number of imidazole rings is 1. The Hall–Kier alpha value is -6.51. The van der Waals surface area contributed by atoms with E-state index in [4.69, 9.17) is 18.6 Å². The monoisotopic (exact) mass is 1880 g/mol. The number of H-pyrrole nitrogens is 3. The van der Waals surface area contributed by atoms with Gasteiger partial charge in [-0.25, -0.2) is 4.98 Å². The van der Waals surface area contributed by atoms with E-state index in [0.717, 1.165) is 68.1 Å². The summed E-state index contributed by atoms with van der Waals surface area (Å²) in [4.78, 5) is 21.3. The van der Waals surface area contributed by atoms with Gasteiger partial charge in [0.1, 0.15) is 5.58 Å². The molecule has 128 heavy (non-hydrogen) atoms. The predicted octanol–water partition coefficient (Wildman–Crippen LogP) is 38.8. The Labute approximate surface area is 817 Å². The quantitative estimate of drug-likeness (QED) is 0.116. The minimum absolute atomic E-state index is 0.708. The Kier molecular flexibility index (Phi) is 207. The van der Waals surface area contributed by atoms with Crippen molar-refractivity contribution in [2.75, 3.05) is 106 Å². The van der Waals surface area contributed by atoms with Gasteiger partial charge in [-0.2, -0.15) is 35.3 Å². The average Bonchev–Trinajstić information content (AvgIpc) is 1.79. The zero-order valence-corrected chi connectivity index (χ0v) is 95.7. The fourth-order valence-corrected chi connectivity index (χ4v) is 12.3. The summed E-state index contributed by atoms with van der Waals surface area (Å²) in [7, 11) is 0. The number of aliphatic imine (C=N–C) groups is 2. The number of ether oxygens (including phenoxy) is 3. The van der Waals surface area contributed by atoms with E-state index in [9.17, 15) is 0 Å². The number of thioether (sulfide) groups is 4. The molecule has 0 saturated carbocycles. The van der Waals surface area contributed by atoms with Crippen molar-refractivity contribution < 1.29 is 18.6 Å². The number of benzene rings is 5. The molecule has 0 unspecified atom stereocenters. The summed E-state index contributed by atoms with van der Waals surface area (Å²) in [5.74, 6) is 9.40. The summed E-state index contributed by atoms with van der Waals surface area (Å²) in [5, 5.41) is 10.4. The van der Waals surface area contributed by atoms with Crippen LogP contribution in [0.25, 0.3) is 59.4 Å². The van der Waals surface area contributed by atoms with Crippen molar-refractivity contribution in [3.05, 3.63) is 219 Å². The van der Waals surface area contributed by atoms with E-state index in [1.54, 1.807) is 41.9 Å². The topological polar surface area (TPSA) is 142 Å². The lowest BCUT2D eigenvalue weighted by Crippen LogP contribution is -2.24. The van der Waals surface area contributed by atoms with Gasteiger partial charge in [0.25, 0.3) is 0 Å². The van der Waals surface area contributed by atoms with Crippen LogP contribution in [0, 0.1) is 0 Å². The van der Waals surface area contributed by atoms with Gasteiger partial charge in [0.2, 0.25) is 0 Å². The predicted molar refractivity (Wildman–Crippen MR) is 619 cm³/mol. The van der Waals surface area contributed by atoms with E-state index in [2.05, 4.69) is 147 Å². The van der Waals surface area contributed by atoms with Gasteiger partial charge in [-0.15, -0.1) is 23.1 Å². The molecule has 0 atom stereocenters. The fourth-order valence-electron chi connectivity index (χ4n) is 7.85. The highest BCUT2D eigenvalue weighted by atomic mass is 32.2. The average molecular weight is 1880 g/mol. The maximum absolute atomic E-state index is 5.12. The lowest BCUT2D eigenvalue weighted by Gasteiger charge is -2.09. The lowest BCUT2D eigenvalue weighted by molar-refractivity contribution is -0.0334. The summed E-state index contributed by atoms with van der Waals surface area (Å²) in [5.41, 5.74) is 8.67. The number of nitrogens with one attached hydrogen (secondary N) is 4. The molecule has 7 aromatic heterocycles. The van der Waals surface area contributed by atoms with Crippen LogP contribution in [-0.4, -0.2) is 142 Å². The Morgan fingerprint density at radius 2 is 0.719 bits per heavy atom. The van der Waals surface area contributed by atoms with Crippen LogP contribution in [-0.2, 0) is 14.2 Å². The van der Waals surface area contributed by atoms with Crippen molar-refractivity contribution in [2.24, 2.45) is 9.98 Å². The second-order valence-corrected chi connectivity index (χ2v) is 23.8. The third kappa shape index (κ3) is 107. The van der Waals surface area contributed by atoms with Gasteiger partial charge in [0, 0.05) is 118 Å². The van der Waals surface area contributed by atoms with E-state index >= 15 is 0 Å². The van der Waals surface area contributed by atoms with Gasteiger partial charge in [0.15, 0.2) is 0 Å². The van der Waals surface area contributed by atoms with Crippen molar-refractivity contribution in [1.82, 2.24) is 29.7 Å². The molecule has 3 fully saturated rings. The van der Waals surface area contributed by atoms with E-state index in [0.29, 0.717) is 6.61 Å². The number of furan rings is 1. The summed E-state index contributed by atoms with van der Waals surface area (Å²) in [6, 6.07) is 59.2. The molecule has 4 N–H and O–H groups in total. The number of fused-ring (bicyclic) bond motifs is 6. The van der Waals surface area contributed by atoms with Crippen LogP contribution < -0.4 is 5.32 Å². The van der Waals surface area contributed by atoms with Crippen LogP contribution in [0.4, 0.5) is 0 Å². The Bertz CT molecular complexity index is 2800. The summed E-state index contributed by atoms with van der Waals surface area (Å²) in [6.07, 6.45) is 14.4. The lowest BCUT2D eigenvalue weighted by atomic mass is 10.3. The molecule has 748 valence electrons. The second kappa shape index (κ2) is 167. The van der Waals surface area contributed by atoms with Crippen molar-refractivity contribution in [1.29, 1.82) is 0 Å². The Balaban J connectivity index is -0.0000000740. The molecule has 12 aromatic rings. The molecule has 0 radical (unpaired) electrons. The molecule has 5 aliphatic heterocycles. The van der Waals surface area contributed by atoms with Crippen molar-refractivity contribution in [3.8, 4) is 0 Å². The maximum atomic E-state index is 5.12. The molecule has 17 heteroatoms. The minimum atomic E-state index is 0.708. The van der Waals surface area contributed by atoms with Crippen LogP contribution >= 0.6 is 58.4 Å². The number of aromatic amines is 3. The van der Waals surface area contributed by atoms with Crippen LogP contribution in [0.3, 0.4) is 0 Å². The highest BCUT2D eigenvalue weighted by Crippen LogP contribution is 2.19. The highest BCUT2D eigenvalue weighted by molar-refractivity contribution is 8.12. The van der Waals surface area contributed by atoms with Crippen molar-refractivity contribution >= 4 is 130 Å². The Morgan fingerprint density at radius 3 is 1.05 bits per heavy atom. The molecule has 12 heterocycles. The third-order valence-corrected chi connectivity index (χ3v) is 17.3. The highest BCUT2D eigenvalue weighted by Gasteiger charge is 1.98. The number of hydrogen-bond acceptors (Lipinski definition) is 13. The van der Waals surface area contributed by atoms with Gasteiger partial charge >= 0.3 is 0 Å². The summed E-state index contributed by atoms with van der Waals surface area (Å²) < 4.78 is 23.4. The largest absolute Gasteiger partial charge is 0.464 e. The van der Waals surface area contributed by atoms with E-state index in [1.165, 1.54) is 97.2 Å². The first-order valence-corrected chi connectivity index (χ1v) is 55.7. The molecule has 12 nitrogen and oxygen atoms in total. The number of para-hydroxylation sites is 5. The van der Waals surface area contributed by atoms with Gasteiger partial charge in [0.05, 0.1) is 75.4 Å². The van der Waals surface area contributed by atoms with E-state index < -0.39 is 0 Å². The smallest absolute Gasteiger partial charge is 0.133 e. The molecule has 0 bridgehead atoms. The van der Waals surface area contributed by atoms with Crippen LogP contribution in [0.1, 0.15) is 311 Å². The first-order chi connectivity index (χ1) is 63.8. The van der Waals surface area contributed by atoms with Gasteiger partial charge in [-0.05, 0) is 113 Å². The van der Waals surface area contributed by atoms with Gasteiger partial charge in [-0.3, -0.25) is 9.98 Å². The van der Waals surface area contributed by atoms with Crippen LogP contribution in [0.2, 0.25) is 0 Å². The maximum Gasteiger partial charge on any atom is 0.133 e. The number of rotatable bonds is 0. The number of thiophene rings is 1. The molecule has 3 saturated heterocycles. The first-order valence-electron chi connectivity index (χ1n) is 50.3. The second-order valence-electron chi connectivity index (χ2n) is 18.2. The Morgan fingerprint density at radius 1 is 0.320 bits per heavy atom. The van der Waals surface area contributed by atoms with Crippen molar-refractivity contribution in [3.63, 3.8) is 0 Å². The van der Waals surface area contributed by atoms with Crippen molar-refractivity contribution in [2.45, 2.75) is 311 Å². The molecular formula is C111H210N8O4S5. The minimum Gasteiger partial charge on any atom is -0.464 e. The van der Waals surface area contributed by atoms with Crippen LogP contribution in [0.15, 0.2) is 233 Å². The first kappa shape index (κ1) is 158. The molecule has 17 rings (SSSR count). The molecule has 0 aliphatic carbocycles. The van der Waals surface area contributed by atoms with Gasteiger partial charge < -0.3 is 43.3 Å². The SMILES string of the molecule is C1=NCCCS1.C1=NCCOC1.C1COCCO1.C1CSCCN1.C1CSCCS1.CC.CC.CC.CC.CC.CC.CC.CC.CC.CC.CC.CC.CC.CC.CC.CC.CC.CC.CC.CC.CC.CC.c1ccc2[nH]ccc2c1.c1ccc2[nH]ccc2c1.c1ccc2[nH]cnc2c1.c1ccc2occc2c1.c1ccc2sccc2c1.c1ccn2cccc2c1.